The summed E-state index contributed by atoms with van der Waals surface area (Å²) < 4.78 is 0. The molecule has 0 aromatic heterocycles. The van der Waals surface area contributed by atoms with Crippen molar-refractivity contribution >= 4 is 0 Å². The Balaban J connectivity index is 0.911. The van der Waals surface area contributed by atoms with Crippen molar-refractivity contribution < 1.29 is 0 Å². The molecule has 0 bridgehead atoms. The van der Waals surface area contributed by atoms with Crippen LogP contribution in [0.25, 0.3) is 0 Å². The second-order valence-corrected chi connectivity index (χ2v) is 18.9. The molecule has 2 N–H and O–H groups in total. The number of likely N-dealkylation sites (tertiary alicyclic amines) is 2. The minimum Gasteiger partial charge on any atom is -0.365 e. The van der Waals surface area contributed by atoms with Gasteiger partial charge in [-0.15, -0.1) is 0 Å². The molecule has 12 atom stereocenters. The molecule has 0 radical (unpaired) electrons. The van der Waals surface area contributed by atoms with Crippen molar-refractivity contribution in [2.45, 2.75) is 184 Å². The van der Waals surface area contributed by atoms with E-state index in [-0.39, 0.29) is 0 Å². The minimum atomic E-state index is 0.517. The summed E-state index contributed by atoms with van der Waals surface area (Å²) in [6.45, 7) is 0. The molecule has 0 aromatic carbocycles. The Hall–Kier alpha value is -1.62. The van der Waals surface area contributed by atoms with E-state index < -0.39 is 0 Å². The van der Waals surface area contributed by atoms with Crippen molar-refractivity contribution in [2.75, 3.05) is 0 Å². The number of hydrogen-bond donors (Lipinski definition) is 2. The molecule has 3 saturated heterocycles. The van der Waals surface area contributed by atoms with Gasteiger partial charge in [-0.05, 0) is 120 Å². The van der Waals surface area contributed by atoms with Gasteiger partial charge in [-0.3, -0.25) is 15.5 Å². The van der Waals surface area contributed by atoms with Gasteiger partial charge in [0, 0.05) is 59.6 Å². The lowest BCUT2D eigenvalue weighted by molar-refractivity contribution is 0.00829. The van der Waals surface area contributed by atoms with Gasteiger partial charge in [-0.25, -0.2) is 0 Å². The third-order valence-electron chi connectivity index (χ3n) is 16.4. The Morgan fingerprint density at radius 1 is 0.600 bits per heavy atom. The Morgan fingerprint density at radius 3 is 2.14 bits per heavy atom. The highest BCUT2D eigenvalue weighted by atomic mass is 15.4. The summed E-state index contributed by atoms with van der Waals surface area (Å²) in [5.74, 6) is 5.35. The second-order valence-electron chi connectivity index (χ2n) is 18.9. The fourth-order valence-electron chi connectivity index (χ4n) is 14.1. The highest BCUT2D eigenvalue weighted by molar-refractivity contribution is 5.31. The molecule has 0 aromatic rings. The molecule has 4 nitrogen and oxygen atoms in total. The molecule has 12 unspecified atom stereocenters. The van der Waals surface area contributed by atoms with Gasteiger partial charge in [0.2, 0.25) is 0 Å². The van der Waals surface area contributed by atoms with Crippen LogP contribution in [0.5, 0.6) is 0 Å². The van der Waals surface area contributed by atoms with Crippen LogP contribution < -0.4 is 10.6 Å². The fraction of sp³-hybridized carbons (Fsp3) is 0.783. The van der Waals surface area contributed by atoms with Crippen LogP contribution in [-0.4, -0.2) is 52.3 Å². The van der Waals surface area contributed by atoms with Crippen LogP contribution >= 0.6 is 0 Å². The lowest BCUT2D eigenvalue weighted by atomic mass is 9.70. The zero-order valence-electron chi connectivity index (χ0n) is 31.2. The van der Waals surface area contributed by atoms with Crippen LogP contribution in [0, 0.1) is 41.4 Å². The van der Waals surface area contributed by atoms with Gasteiger partial charge in [0.05, 0.1) is 12.3 Å². The molecule has 10 aliphatic rings. The van der Waals surface area contributed by atoms with Crippen LogP contribution in [0.4, 0.5) is 0 Å². The summed E-state index contributed by atoms with van der Waals surface area (Å²) in [6.07, 6.45) is 52.7. The van der Waals surface area contributed by atoms with E-state index in [1.807, 2.05) is 5.57 Å². The molecule has 4 heteroatoms. The number of rotatable bonds is 5. The highest BCUT2D eigenvalue weighted by Crippen LogP contribution is 2.54. The summed E-state index contributed by atoms with van der Waals surface area (Å²) in [5.41, 5.74) is 3.60. The normalized spacial score (nSPS) is 45.4. The van der Waals surface area contributed by atoms with Gasteiger partial charge in [0.1, 0.15) is 0 Å². The second kappa shape index (κ2) is 14.3. The standard InChI is InChI=1S/C46H68N4/c1-4-14-31(15-5-1)40-30-45(48-46(47-40)32-16-6-2-7-17-32)50-42-23-13-11-21-37(42)39-29-34(25-27-44(39)50)33-24-26-43-38(28-33)36-20-10-12-22-41(36)49(43)35-18-8-3-9-19-35/h8,10-11,18,20-21,26,29,31-33,35-42,44-48H,1-7,9,12-17,19,22-25,27-28,30H2. The van der Waals surface area contributed by atoms with Gasteiger partial charge >= 0.3 is 0 Å². The molecule has 0 spiro atoms. The summed E-state index contributed by atoms with van der Waals surface area (Å²) in [5, 5.41) is 8.73. The maximum atomic E-state index is 4.40. The number of nitrogens with one attached hydrogen (secondary N) is 2. The molecular formula is C46H68N4. The zero-order valence-corrected chi connectivity index (χ0v) is 31.2. The average molecular weight is 677 g/mol. The molecule has 272 valence electrons. The summed E-state index contributed by atoms with van der Waals surface area (Å²) in [4.78, 5) is 6.11. The van der Waals surface area contributed by atoms with Crippen molar-refractivity contribution in [3.05, 3.63) is 59.9 Å². The molecule has 10 rings (SSSR count). The van der Waals surface area contributed by atoms with E-state index in [0.29, 0.717) is 42.3 Å². The van der Waals surface area contributed by atoms with Crippen LogP contribution in [0.3, 0.4) is 0 Å². The Morgan fingerprint density at radius 2 is 1.34 bits per heavy atom. The van der Waals surface area contributed by atoms with Crippen molar-refractivity contribution in [3.63, 3.8) is 0 Å². The molecule has 5 fully saturated rings. The first-order valence-corrected chi connectivity index (χ1v) is 22.3. The first-order valence-electron chi connectivity index (χ1n) is 22.3. The first-order chi connectivity index (χ1) is 24.8. The van der Waals surface area contributed by atoms with Crippen LogP contribution in [0.1, 0.15) is 141 Å². The average Bonchev–Trinajstić information content (AvgIpc) is 3.71. The van der Waals surface area contributed by atoms with Gasteiger partial charge in [-0.2, -0.15) is 0 Å². The third-order valence-corrected chi connectivity index (χ3v) is 16.4. The zero-order chi connectivity index (χ0) is 33.0. The lowest BCUT2D eigenvalue weighted by Crippen LogP contribution is -2.68. The lowest BCUT2D eigenvalue weighted by Gasteiger charge is -2.50. The van der Waals surface area contributed by atoms with E-state index in [2.05, 4.69) is 69.0 Å². The summed E-state index contributed by atoms with van der Waals surface area (Å²) in [7, 11) is 0. The van der Waals surface area contributed by atoms with Crippen molar-refractivity contribution in [1.82, 2.24) is 20.4 Å². The van der Waals surface area contributed by atoms with Gasteiger partial charge in [-0.1, -0.05) is 92.7 Å². The molecule has 3 heterocycles. The molecule has 7 aliphatic carbocycles. The number of nitrogens with zero attached hydrogens (tertiary/aromatic N) is 2. The SMILES string of the molecule is C1=CC(N2C3=CCC(C4=CC5C6C=CCCC6N(C6CC(C7CCCCC7)NC(C7CCCCC7)N6)C5CC4)CC3C3C=CCCC32)CCC1. The topological polar surface area (TPSA) is 30.5 Å². The quantitative estimate of drug-likeness (QED) is 0.284. The highest BCUT2D eigenvalue weighted by Gasteiger charge is 2.54. The maximum absolute atomic E-state index is 4.40. The fourth-order valence-corrected chi connectivity index (χ4v) is 14.1. The Bertz CT molecular complexity index is 1340. The van der Waals surface area contributed by atoms with Crippen molar-refractivity contribution in [1.29, 1.82) is 0 Å². The molecule has 2 saturated carbocycles. The molecule has 50 heavy (non-hydrogen) atoms. The van der Waals surface area contributed by atoms with Gasteiger partial charge in [0.15, 0.2) is 0 Å². The predicted molar refractivity (Wildman–Crippen MR) is 206 cm³/mol. The van der Waals surface area contributed by atoms with Crippen LogP contribution in [0.15, 0.2) is 59.9 Å². The van der Waals surface area contributed by atoms with E-state index in [1.165, 1.54) is 141 Å². The summed E-state index contributed by atoms with van der Waals surface area (Å²) in [6, 6.07) is 3.51. The monoisotopic (exact) mass is 677 g/mol. The maximum Gasteiger partial charge on any atom is 0.0629 e. The van der Waals surface area contributed by atoms with Crippen LogP contribution in [-0.2, 0) is 0 Å². The van der Waals surface area contributed by atoms with Crippen molar-refractivity contribution in [2.24, 2.45) is 41.4 Å². The Labute approximate surface area is 304 Å². The van der Waals surface area contributed by atoms with Gasteiger partial charge in [0.25, 0.3) is 0 Å². The Kier molecular flexibility index (Phi) is 9.44. The van der Waals surface area contributed by atoms with E-state index in [9.17, 15) is 0 Å². The van der Waals surface area contributed by atoms with E-state index in [0.717, 1.165) is 41.7 Å². The van der Waals surface area contributed by atoms with Gasteiger partial charge < -0.3 is 4.90 Å². The number of allylic oxidation sites excluding steroid dienone is 6. The van der Waals surface area contributed by atoms with Crippen molar-refractivity contribution in [3.8, 4) is 0 Å². The molecule has 0 amide bonds. The van der Waals surface area contributed by atoms with Crippen LogP contribution in [0.2, 0.25) is 0 Å². The third kappa shape index (κ3) is 5.98. The molecule has 3 aliphatic heterocycles. The first kappa shape index (κ1) is 33.0. The number of hydrogen-bond acceptors (Lipinski definition) is 4. The van der Waals surface area contributed by atoms with E-state index >= 15 is 0 Å². The molecular weight excluding hydrogens is 609 g/mol. The smallest absolute Gasteiger partial charge is 0.0629 e. The van der Waals surface area contributed by atoms with E-state index in [4.69, 9.17) is 0 Å². The minimum absolute atomic E-state index is 0.517. The predicted octanol–water partition coefficient (Wildman–Crippen LogP) is 9.78. The summed E-state index contributed by atoms with van der Waals surface area (Å²) >= 11 is 0. The number of fused-ring (bicyclic) bond motifs is 6. The largest absolute Gasteiger partial charge is 0.365 e. The van der Waals surface area contributed by atoms with E-state index in [1.54, 1.807) is 5.70 Å².